The van der Waals surface area contributed by atoms with Crippen LogP contribution >= 0.6 is 0 Å². The molecular formula is C18H28N4O4. The summed E-state index contributed by atoms with van der Waals surface area (Å²) < 4.78 is 10.6. The monoisotopic (exact) mass is 364 g/mol. The normalized spacial score (nSPS) is 24.5. The summed E-state index contributed by atoms with van der Waals surface area (Å²) >= 11 is 0. The number of aromatic nitrogens is 1. The van der Waals surface area contributed by atoms with Crippen LogP contribution < -0.4 is 10.6 Å². The fourth-order valence-corrected chi connectivity index (χ4v) is 3.87. The van der Waals surface area contributed by atoms with Gasteiger partial charge >= 0.3 is 0 Å². The predicted molar refractivity (Wildman–Crippen MR) is 94.5 cm³/mol. The molecule has 2 N–H and O–H groups in total. The van der Waals surface area contributed by atoms with Crippen LogP contribution in [0.15, 0.2) is 10.6 Å². The Balaban J connectivity index is 1.60. The highest BCUT2D eigenvalue weighted by molar-refractivity contribution is 5.83. The molecule has 8 nitrogen and oxygen atoms in total. The van der Waals surface area contributed by atoms with Gasteiger partial charge in [-0.2, -0.15) is 0 Å². The molecule has 1 aromatic rings. The summed E-state index contributed by atoms with van der Waals surface area (Å²) in [4.78, 5) is 27.1. The molecule has 3 heterocycles. The maximum Gasteiger partial charge on any atom is 0.237 e. The Morgan fingerprint density at radius 3 is 2.77 bits per heavy atom. The highest BCUT2D eigenvalue weighted by Gasteiger charge is 2.41. The van der Waals surface area contributed by atoms with Crippen molar-refractivity contribution in [3.8, 4) is 0 Å². The summed E-state index contributed by atoms with van der Waals surface area (Å²) in [6, 6.07) is 1.85. The third-order valence-corrected chi connectivity index (χ3v) is 5.03. The molecule has 26 heavy (non-hydrogen) atoms. The Kier molecular flexibility index (Phi) is 6.26. The maximum absolute atomic E-state index is 12.5. The summed E-state index contributed by atoms with van der Waals surface area (Å²) in [5, 5.41) is 9.78. The standard InChI is InChI=1S/C18H28N4O4/c1-3-19-18(24)16-9-13(11-22(16)14-4-6-25-7-5-14)20-17(23)10-15-8-12(2)21-26-15/h8,13-14,16H,3-7,9-11H2,1-2H3,(H,19,24)(H,20,23)/t13-,16-/m0/s1. The van der Waals surface area contributed by atoms with E-state index in [4.69, 9.17) is 9.26 Å². The highest BCUT2D eigenvalue weighted by atomic mass is 16.5. The lowest BCUT2D eigenvalue weighted by molar-refractivity contribution is -0.127. The summed E-state index contributed by atoms with van der Waals surface area (Å²) in [7, 11) is 0. The largest absolute Gasteiger partial charge is 0.381 e. The van der Waals surface area contributed by atoms with Gasteiger partial charge < -0.3 is 19.9 Å². The van der Waals surface area contributed by atoms with Crippen molar-refractivity contribution in [3.63, 3.8) is 0 Å². The molecule has 0 bridgehead atoms. The Bertz CT molecular complexity index is 626. The topological polar surface area (TPSA) is 96.7 Å². The van der Waals surface area contributed by atoms with Gasteiger partial charge in [0.15, 0.2) is 0 Å². The van der Waals surface area contributed by atoms with E-state index in [-0.39, 0.29) is 30.3 Å². The average Bonchev–Trinajstić information content (AvgIpc) is 3.22. The maximum atomic E-state index is 12.5. The van der Waals surface area contributed by atoms with E-state index in [2.05, 4.69) is 20.7 Å². The Morgan fingerprint density at radius 1 is 1.35 bits per heavy atom. The number of nitrogens with one attached hydrogen (secondary N) is 2. The lowest BCUT2D eigenvalue weighted by Gasteiger charge is -2.34. The molecule has 1 aromatic heterocycles. The Labute approximate surface area is 153 Å². The van der Waals surface area contributed by atoms with Crippen molar-refractivity contribution in [1.82, 2.24) is 20.7 Å². The van der Waals surface area contributed by atoms with E-state index in [1.165, 1.54) is 0 Å². The molecule has 2 amide bonds. The molecule has 3 rings (SSSR count). The molecule has 2 aliphatic heterocycles. The second kappa shape index (κ2) is 8.64. The van der Waals surface area contributed by atoms with Crippen molar-refractivity contribution in [3.05, 3.63) is 17.5 Å². The molecule has 8 heteroatoms. The summed E-state index contributed by atoms with van der Waals surface area (Å²) in [5.74, 6) is 0.496. The summed E-state index contributed by atoms with van der Waals surface area (Å²) in [6.45, 7) is 6.50. The van der Waals surface area contributed by atoms with Gasteiger partial charge in [-0.3, -0.25) is 14.5 Å². The van der Waals surface area contributed by atoms with Crippen molar-refractivity contribution in [2.45, 2.75) is 57.7 Å². The number of carbonyl (C=O) groups excluding carboxylic acids is 2. The zero-order valence-electron chi connectivity index (χ0n) is 15.5. The van der Waals surface area contributed by atoms with Gasteiger partial charge in [0.25, 0.3) is 0 Å². The first-order valence-electron chi connectivity index (χ1n) is 9.39. The quantitative estimate of drug-likeness (QED) is 0.758. The second-order valence-electron chi connectivity index (χ2n) is 7.06. The fraction of sp³-hybridized carbons (Fsp3) is 0.722. The van der Waals surface area contributed by atoms with Crippen LogP contribution in [0.2, 0.25) is 0 Å². The Hall–Kier alpha value is -1.93. The van der Waals surface area contributed by atoms with Crippen LogP contribution in [-0.4, -0.2) is 66.3 Å². The van der Waals surface area contributed by atoms with Crippen molar-refractivity contribution in [1.29, 1.82) is 0 Å². The Morgan fingerprint density at radius 2 is 2.12 bits per heavy atom. The molecule has 0 saturated carbocycles. The van der Waals surface area contributed by atoms with Crippen molar-refractivity contribution in [2.24, 2.45) is 0 Å². The zero-order chi connectivity index (χ0) is 18.5. The van der Waals surface area contributed by atoms with Gasteiger partial charge in [0, 0.05) is 44.5 Å². The van der Waals surface area contributed by atoms with Gasteiger partial charge in [-0.25, -0.2) is 0 Å². The predicted octanol–water partition coefficient (Wildman–Crippen LogP) is 0.400. The number of carbonyl (C=O) groups is 2. The van der Waals surface area contributed by atoms with Crippen LogP contribution in [0.4, 0.5) is 0 Å². The molecule has 2 atom stereocenters. The van der Waals surface area contributed by atoms with Crippen molar-refractivity contribution < 1.29 is 18.8 Å². The van der Waals surface area contributed by atoms with Gasteiger partial charge in [0.1, 0.15) is 5.76 Å². The number of nitrogens with zero attached hydrogens (tertiary/aromatic N) is 2. The molecule has 2 aliphatic rings. The molecule has 2 fully saturated rings. The van der Waals surface area contributed by atoms with Crippen LogP contribution in [0, 0.1) is 6.92 Å². The lowest BCUT2D eigenvalue weighted by atomic mass is 10.1. The van der Waals surface area contributed by atoms with E-state index in [9.17, 15) is 9.59 Å². The van der Waals surface area contributed by atoms with Crippen LogP contribution in [-0.2, 0) is 20.7 Å². The van der Waals surface area contributed by atoms with Crippen LogP contribution in [0.3, 0.4) is 0 Å². The molecule has 0 spiro atoms. The smallest absolute Gasteiger partial charge is 0.237 e. The summed E-state index contributed by atoms with van der Waals surface area (Å²) in [6.07, 6.45) is 2.65. The van der Waals surface area contributed by atoms with E-state index < -0.39 is 0 Å². The van der Waals surface area contributed by atoms with Gasteiger partial charge in [0.05, 0.1) is 18.2 Å². The third kappa shape index (κ3) is 4.62. The van der Waals surface area contributed by atoms with Crippen molar-refractivity contribution in [2.75, 3.05) is 26.3 Å². The minimum Gasteiger partial charge on any atom is -0.381 e. The molecule has 0 unspecified atom stereocenters. The van der Waals surface area contributed by atoms with Gasteiger partial charge in [-0.15, -0.1) is 0 Å². The number of likely N-dealkylation sites (tertiary alicyclic amines) is 1. The van der Waals surface area contributed by atoms with E-state index >= 15 is 0 Å². The van der Waals surface area contributed by atoms with E-state index in [1.54, 1.807) is 6.07 Å². The van der Waals surface area contributed by atoms with Gasteiger partial charge in [-0.1, -0.05) is 5.16 Å². The first kappa shape index (κ1) is 18.8. The third-order valence-electron chi connectivity index (χ3n) is 5.03. The van der Waals surface area contributed by atoms with Crippen LogP contribution in [0.5, 0.6) is 0 Å². The van der Waals surface area contributed by atoms with E-state index in [1.807, 2.05) is 13.8 Å². The number of amides is 2. The number of hydrogen-bond donors (Lipinski definition) is 2. The van der Waals surface area contributed by atoms with E-state index in [0.29, 0.717) is 31.3 Å². The first-order chi connectivity index (χ1) is 12.6. The molecule has 0 aliphatic carbocycles. The number of rotatable bonds is 6. The minimum atomic E-state index is -0.198. The zero-order valence-corrected chi connectivity index (χ0v) is 15.5. The average molecular weight is 364 g/mol. The van der Waals surface area contributed by atoms with Gasteiger partial charge in [-0.05, 0) is 33.1 Å². The minimum absolute atomic E-state index is 0.0398. The lowest BCUT2D eigenvalue weighted by Crippen LogP contribution is -2.49. The van der Waals surface area contributed by atoms with Crippen molar-refractivity contribution >= 4 is 11.8 Å². The SMILES string of the molecule is CCNC(=O)[C@@H]1C[C@H](NC(=O)Cc2cc(C)no2)CN1C1CCOCC1. The molecule has 0 aromatic carbocycles. The summed E-state index contributed by atoms with van der Waals surface area (Å²) in [5.41, 5.74) is 0.760. The number of hydrogen-bond acceptors (Lipinski definition) is 6. The highest BCUT2D eigenvalue weighted by Crippen LogP contribution is 2.26. The first-order valence-corrected chi connectivity index (χ1v) is 9.39. The number of ether oxygens (including phenoxy) is 1. The van der Waals surface area contributed by atoms with Crippen LogP contribution in [0.1, 0.15) is 37.6 Å². The fourth-order valence-electron chi connectivity index (χ4n) is 3.87. The molecular weight excluding hydrogens is 336 g/mol. The number of aryl methyl sites for hydroxylation is 1. The van der Waals surface area contributed by atoms with E-state index in [0.717, 1.165) is 31.7 Å². The van der Waals surface area contributed by atoms with Gasteiger partial charge in [0.2, 0.25) is 11.8 Å². The molecule has 2 saturated heterocycles. The van der Waals surface area contributed by atoms with Crippen LogP contribution in [0.25, 0.3) is 0 Å². The molecule has 0 radical (unpaired) electrons. The number of likely N-dealkylation sites (N-methyl/N-ethyl adjacent to an activating group) is 1. The second-order valence-corrected chi connectivity index (χ2v) is 7.06. The molecule has 144 valence electrons.